The molecule has 3 unspecified atom stereocenters. The van der Waals surface area contributed by atoms with Crippen molar-refractivity contribution in [2.75, 3.05) is 13.1 Å². The molecule has 1 saturated heterocycles. The zero-order valence-corrected chi connectivity index (χ0v) is 14.4. The molecule has 20 heavy (non-hydrogen) atoms. The molecule has 1 fully saturated rings. The van der Waals surface area contributed by atoms with E-state index in [2.05, 4.69) is 32.6 Å². The molecule has 1 aliphatic heterocycles. The van der Waals surface area contributed by atoms with Gasteiger partial charge in [-0.2, -0.15) is 0 Å². The molecule has 0 N–H and O–H groups in total. The lowest BCUT2D eigenvalue weighted by atomic mass is 9.98. The quantitative estimate of drug-likeness (QED) is 0.522. The average Bonchev–Trinajstić information content (AvgIpc) is 2.40. The Balaban J connectivity index is 2.42. The van der Waals surface area contributed by atoms with Gasteiger partial charge in [0.05, 0.1) is 12.2 Å². The Labute approximate surface area is 127 Å². The highest BCUT2D eigenvalue weighted by Gasteiger charge is 2.27. The predicted octanol–water partition coefficient (Wildman–Crippen LogP) is 5.01. The first-order valence-corrected chi connectivity index (χ1v) is 9.06. The number of morpholine rings is 1. The summed E-state index contributed by atoms with van der Waals surface area (Å²) in [7, 11) is 0. The van der Waals surface area contributed by atoms with E-state index < -0.39 is 0 Å². The van der Waals surface area contributed by atoms with Crippen molar-refractivity contribution in [2.45, 2.75) is 104 Å². The zero-order valence-electron chi connectivity index (χ0n) is 14.4. The first-order chi connectivity index (χ1) is 9.67. The second-order valence-corrected chi connectivity index (χ2v) is 6.71. The van der Waals surface area contributed by atoms with Crippen molar-refractivity contribution in [3.63, 3.8) is 0 Å². The molecular formula is C18H37NO. The summed E-state index contributed by atoms with van der Waals surface area (Å²) in [6.07, 6.45) is 13.3. The van der Waals surface area contributed by atoms with Gasteiger partial charge in [0.15, 0.2) is 0 Å². The van der Waals surface area contributed by atoms with Gasteiger partial charge in [0.25, 0.3) is 0 Å². The van der Waals surface area contributed by atoms with Crippen molar-refractivity contribution in [1.29, 1.82) is 0 Å². The fraction of sp³-hybridized carbons (Fsp3) is 1.00. The summed E-state index contributed by atoms with van der Waals surface area (Å²) in [4.78, 5) is 2.72. The van der Waals surface area contributed by atoms with E-state index in [0.717, 1.165) is 19.1 Å². The van der Waals surface area contributed by atoms with Gasteiger partial charge in [-0.1, -0.05) is 58.8 Å². The summed E-state index contributed by atoms with van der Waals surface area (Å²) >= 11 is 0. The number of unbranched alkanes of at least 4 members (excludes halogenated alkanes) is 5. The summed E-state index contributed by atoms with van der Waals surface area (Å²) in [5.41, 5.74) is 0. The molecule has 0 aliphatic carbocycles. The van der Waals surface area contributed by atoms with Gasteiger partial charge in [-0.15, -0.1) is 0 Å². The fourth-order valence-corrected chi connectivity index (χ4v) is 3.46. The van der Waals surface area contributed by atoms with Crippen molar-refractivity contribution < 1.29 is 4.74 Å². The standard InChI is InChI=1S/C18H37NO/c1-5-7-9-11-13-18(12-10-8-6-2)19-14-16(3)20-17(4)15-19/h16-18H,5-15H2,1-4H3. The summed E-state index contributed by atoms with van der Waals surface area (Å²) in [5, 5.41) is 0. The molecule has 0 radical (unpaired) electrons. The molecule has 0 aromatic rings. The van der Waals surface area contributed by atoms with Crippen LogP contribution in [0.25, 0.3) is 0 Å². The SMILES string of the molecule is CCCCCCC(CCCCC)N1CC(C)OC(C)C1. The maximum Gasteiger partial charge on any atom is 0.0678 e. The average molecular weight is 284 g/mol. The van der Waals surface area contributed by atoms with Crippen molar-refractivity contribution in [3.8, 4) is 0 Å². The van der Waals surface area contributed by atoms with E-state index in [-0.39, 0.29) is 0 Å². The predicted molar refractivity (Wildman–Crippen MR) is 88.3 cm³/mol. The van der Waals surface area contributed by atoms with Crippen LogP contribution in [0.4, 0.5) is 0 Å². The number of nitrogens with zero attached hydrogens (tertiary/aromatic N) is 1. The third kappa shape index (κ3) is 7.08. The molecule has 3 atom stereocenters. The van der Waals surface area contributed by atoms with Gasteiger partial charge in [0.2, 0.25) is 0 Å². The molecule has 0 amide bonds. The molecule has 120 valence electrons. The summed E-state index contributed by atoms with van der Waals surface area (Å²) < 4.78 is 5.89. The van der Waals surface area contributed by atoms with Crippen LogP contribution in [0.5, 0.6) is 0 Å². The van der Waals surface area contributed by atoms with Crippen LogP contribution >= 0.6 is 0 Å². The van der Waals surface area contributed by atoms with E-state index in [4.69, 9.17) is 4.74 Å². The number of ether oxygens (including phenoxy) is 1. The highest BCUT2D eigenvalue weighted by Crippen LogP contribution is 2.21. The minimum absolute atomic E-state index is 0.406. The smallest absolute Gasteiger partial charge is 0.0678 e. The lowest BCUT2D eigenvalue weighted by Gasteiger charge is -2.40. The van der Waals surface area contributed by atoms with Crippen LogP contribution in [-0.2, 0) is 4.74 Å². The van der Waals surface area contributed by atoms with Crippen LogP contribution < -0.4 is 0 Å². The van der Waals surface area contributed by atoms with Gasteiger partial charge in [-0.25, -0.2) is 0 Å². The largest absolute Gasteiger partial charge is 0.373 e. The summed E-state index contributed by atoms with van der Waals surface area (Å²) in [6.45, 7) is 11.3. The van der Waals surface area contributed by atoms with Gasteiger partial charge < -0.3 is 4.74 Å². The molecule has 0 saturated carbocycles. The van der Waals surface area contributed by atoms with E-state index in [9.17, 15) is 0 Å². The molecule has 1 aliphatic rings. The monoisotopic (exact) mass is 283 g/mol. The maximum absolute atomic E-state index is 5.89. The van der Waals surface area contributed by atoms with Crippen LogP contribution in [0, 0.1) is 0 Å². The van der Waals surface area contributed by atoms with E-state index in [1.807, 2.05) is 0 Å². The molecule has 2 nitrogen and oxygen atoms in total. The Bertz CT molecular complexity index is 221. The van der Waals surface area contributed by atoms with Crippen LogP contribution in [-0.4, -0.2) is 36.2 Å². The molecule has 0 aromatic carbocycles. The third-order valence-corrected chi connectivity index (χ3v) is 4.50. The summed E-state index contributed by atoms with van der Waals surface area (Å²) in [5.74, 6) is 0. The normalized spacial score (nSPS) is 25.8. The van der Waals surface area contributed by atoms with E-state index in [1.54, 1.807) is 0 Å². The van der Waals surface area contributed by atoms with Gasteiger partial charge in [0, 0.05) is 19.1 Å². The lowest BCUT2D eigenvalue weighted by Crippen LogP contribution is -2.50. The fourth-order valence-electron chi connectivity index (χ4n) is 3.46. The van der Waals surface area contributed by atoms with Crippen LogP contribution in [0.2, 0.25) is 0 Å². The highest BCUT2D eigenvalue weighted by molar-refractivity contribution is 4.80. The number of rotatable bonds is 10. The molecule has 0 bridgehead atoms. The first-order valence-electron chi connectivity index (χ1n) is 9.06. The van der Waals surface area contributed by atoms with Crippen molar-refractivity contribution in [1.82, 2.24) is 4.90 Å². The second kappa shape index (κ2) is 10.6. The minimum Gasteiger partial charge on any atom is -0.373 e. The molecule has 1 heterocycles. The summed E-state index contributed by atoms with van der Waals surface area (Å²) in [6, 6.07) is 0.798. The van der Waals surface area contributed by atoms with Crippen molar-refractivity contribution in [2.24, 2.45) is 0 Å². The Kier molecular flexibility index (Phi) is 9.54. The first kappa shape index (κ1) is 18.0. The maximum atomic E-state index is 5.89. The topological polar surface area (TPSA) is 12.5 Å². The van der Waals surface area contributed by atoms with Gasteiger partial charge >= 0.3 is 0 Å². The Morgan fingerprint density at radius 1 is 0.850 bits per heavy atom. The molecule has 2 heteroatoms. The Morgan fingerprint density at radius 3 is 1.90 bits per heavy atom. The molecular weight excluding hydrogens is 246 g/mol. The number of hydrogen-bond donors (Lipinski definition) is 0. The van der Waals surface area contributed by atoms with Crippen molar-refractivity contribution >= 4 is 0 Å². The molecule has 0 aromatic heterocycles. The third-order valence-electron chi connectivity index (χ3n) is 4.50. The second-order valence-electron chi connectivity index (χ2n) is 6.71. The zero-order chi connectivity index (χ0) is 14.8. The van der Waals surface area contributed by atoms with Gasteiger partial charge in [-0.3, -0.25) is 4.90 Å². The Hall–Kier alpha value is -0.0800. The van der Waals surface area contributed by atoms with Crippen molar-refractivity contribution in [3.05, 3.63) is 0 Å². The Morgan fingerprint density at radius 2 is 1.35 bits per heavy atom. The highest BCUT2D eigenvalue weighted by atomic mass is 16.5. The van der Waals surface area contributed by atoms with E-state index >= 15 is 0 Å². The number of hydrogen-bond acceptors (Lipinski definition) is 2. The van der Waals surface area contributed by atoms with Crippen LogP contribution in [0.15, 0.2) is 0 Å². The van der Waals surface area contributed by atoms with Crippen LogP contribution in [0.3, 0.4) is 0 Å². The van der Waals surface area contributed by atoms with Gasteiger partial charge in [0.1, 0.15) is 0 Å². The molecule has 0 spiro atoms. The van der Waals surface area contributed by atoms with Crippen LogP contribution in [0.1, 0.15) is 85.5 Å². The molecule has 1 rings (SSSR count). The van der Waals surface area contributed by atoms with E-state index in [0.29, 0.717) is 12.2 Å². The van der Waals surface area contributed by atoms with E-state index in [1.165, 1.54) is 57.8 Å². The van der Waals surface area contributed by atoms with Gasteiger partial charge in [-0.05, 0) is 26.7 Å². The minimum atomic E-state index is 0.406. The lowest BCUT2D eigenvalue weighted by molar-refractivity contribution is -0.0825.